The fourth-order valence-corrected chi connectivity index (χ4v) is 3.08. The second-order valence-corrected chi connectivity index (χ2v) is 6.19. The Kier molecular flexibility index (Phi) is 5.13. The van der Waals surface area contributed by atoms with E-state index in [4.69, 9.17) is 28.9 Å². The summed E-state index contributed by atoms with van der Waals surface area (Å²) in [6, 6.07) is 5.31. The van der Waals surface area contributed by atoms with E-state index >= 15 is 0 Å². The molecule has 1 heterocycles. The first-order valence-corrected chi connectivity index (χ1v) is 7.91. The normalized spacial score (nSPS) is 12.7. The molecule has 0 saturated carbocycles. The van der Waals surface area contributed by atoms with Gasteiger partial charge in [-0.1, -0.05) is 35.3 Å². The highest BCUT2D eigenvalue weighted by molar-refractivity contribution is 9.10. The zero-order valence-electron chi connectivity index (χ0n) is 11.3. The summed E-state index contributed by atoms with van der Waals surface area (Å²) in [5.74, 6) is 0. The molecule has 0 bridgehead atoms. The van der Waals surface area contributed by atoms with Crippen molar-refractivity contribution in [2.75, 3.05) is 0 Å². The van der Waals surface area contributed by atoms with Crippen LogP contribution in [0.25, 0.3) is 0 Å². The van der Waals surface area contributed by atoms with Crippen LogP contribution in [0, 0.1) is 6.92 Å². The standard InChI is InChI=1S/C14H16BrCl2N3/c1-3-20-12(13(15)8(2)19-20)7-11(18)9-5-4-6-10(16)14(9)17/h4-6,11H,3,7,18H2,1-2H3. The molecule has 2 rings (SSSR count). The summed E-state index contributed by atoms with van der Waals surface area (Å²) < 4.78 is 2.96. The van der Waals surface area contributed by atoms with E-state index in [0.29, 0.717) is 16.5 Å². The van der Waals surface area contributed by atoms with E-state index in [1.54, 1.807) is 6.07 Å². The van der Waals surface area contributed by atoms with Gasteiger partial charge >= 0.3 is 0 Å². The Hall–Kier alpha value is -0.550. The molecular weight excluding hydrogens is 361 g/mol. The van der Waals surface area contributed by atoms with Gasteiger partial charge in [-0.25, -0.2) is 0 Å². The monoisotopic (exact) mass is 375 g/mol. The second kappa shape index (κ2) is 6.48. The van der Waals surface area contributed by atoms with Crippen molar-refractivity contribution in [2.24, 2.45) is 5.73 Å². The van der Waals surface area contributed by atoms with E-state index in [9.17, 15) is 0 Å². The first-order valence-electron chi connectivity index (χ1n) is 6.37. The minimum absolute atomic E-state index is 0.223. The van der Waals surface area contributed by atoms with Crippen molar-refractivity contribution in [3.8, 4) is 0 Å². The average molecular weight is 377 g/mol. The summed E-state index contributed by atoms with van der Waals surface area (Å²) in [7, 11) is 0. The van der Waals surface area contributed by atoms with Crippen LogP contribution in [0.5, 0.6) is 0 Å². The first kappa shape index (κ1) is 15.8. The van der Waals surface area contributed by atoms with Gasteiger partial charge in [-0.15, -0.1) is 0 Å². The summed E-state index contributed by atoms with van der Waals surface area (Å²) in [5.41, 5.74) is 9.19. The number of nitrogens with zero attached hydrogens (tertiary/aromatic N) is 2. The molecule has 2 N–H and O–H groups in total. The maximum absolute atomic E-state index is 6.29. The highest BCUT2D eigenvalue weighted by Gasteiger charge is 2.18. The molecule has 0 aliphatic heterocycles. The molecule has 20 heavy (non-hydrogen) atoms. The van der Waals surface area contributed by atoms with Crippen molar-refractivity contribution in [3.63, 3.8) is 0 Å². The number of halogens is 3. The van der Waals surface area contributed by atoms with Gasteiger partial charge in [0.25, 0.3) is 0 Å². The lowest BCUT2D eigenvalue weighted by Gasteiger charge is -2.15. The number of hydrogen-bond donors (Lipinski definition) is 1. The van der Waals surface area contributed by atoms with Crippen LogP contribution >= 0.6 is 39.1 Å². The Morgan fingerprint density at radius 1 is 1.40 bits per heavy atom. The third-order valence-electron chi connectivity index (χ3n) is 3.25. The van der Waals surface area contributed by atoms with E-state index < -0.39 is 0 Å². The predicted octanol–water partition coefficient (Wildman–Crippen LogP) is 4.52. The van der Waals surface area contributed by atoms with Gasteiger partial charge in [0.15, 0.2) is 0 Å². The zero-order chi connectivity index (χ0) is 14.9. The predicted molar refractivity (Wildman–Crippen MR) is 87.4 cm³/mol. The summed E-state index contributed by atoms with van der Waals surface area (Å²) in [6.07, 6.45) is 0.648. The number of rotatable bonds is 4. The molecule has 108 valence electrons. The van der Waals surface area contributed by atoms with Crippen molar-refractivity contribution in [2.45, 2.75) is 32.9 Å². The first-order chi connectivity index (χ1) is 9.45. The van der Waals surface area contributed by atoms with Gasteiger partial charge < -0.3 is 5.73 Å². The molecule has 1 aromatic carbocycles. The highest BCUT2D eigenvalue weighted by Crippen LogP contribution is 2.32. The molecule has 0 saturated heterocycles. The topological polar surface area (TPSA) is 43.8 Å². The van der Waals surface area contributed by atoms with Crippen molar-refractivity contribution in [1.82, 2.24) is 9.78 Å². The SMILES string of the molecule is CCn1nc(C)c(Br)c1CC(N)c1cccc(Cl)c1Cl. The fraction of sp³-hybridized carbons (Fsp3) is 0.357. The van der Waals surface area contributed by atoms with Gasteiger partial charge in [0.2, 0.25) is 0 Å². The lowest BCUT2D eigenvalue weighted by atomic mass is 10.0. The van der Waals surface area contributed by atoms with Gasteiger partial charge in [0, 0.05) is 19.0 Å². The Bertz CT molecular complexity index is 625. The number of aromatic nitrogens is 2. The minimum atomic E-state index is -0.223. The van der Waals surface area contributed by atoms with E-state index in [1.165, 1.54) is 0 Å². The third-order valence-corrected chi connectivity index (χ3v) is 5.11. The van der Waals surface area contributed by atoms with Gasteiger partial charge in [-0.3, -0.25) is 4.68 Å². The quantitative estimate of drug-likeness (QED) is 0.852. The largest absolute Gasteiger partial charge is 0.324 e. The van der Waals surface area contributed by atoms with Crippen molar-refractivity contribution in [3.05, 3.63) is 49.7 Å². The zero-order valence-corrected chi connectivity index (χ0v) is 14.4. The van der Waals surface area contributed by atoms with Crippen LogP contribution in [0.1, 0.15) is 29.9 Å². The Morgan fingerprint density at radius 3 is 2.75 bits per heavy atom. The molecule has 3 nitrogen and oxygen atoms in total. The van der Waals surface area contributed by atoms with Gasteiger partial charge in [-0.05, 0) is 41.4 Å². The molecule has 1 atom stereocenters. The molecule has 2 aromatic rings. The summed E-state index contributed by atoms with van der Waals surface area (Å²) >= 11 is 15.8. The van der Waals surface area contributed by atoms with Crippen LogP contribution in [0.4, 0.5) is 0 Å². The maximum atomic E-state index is 6.29. The van der Waals surface area contributed by atoms with Gasteiger partial charge in [0.05, 0.1) is 25.9 Å². The molecule has 6 heteroatoms. The second-order valence-electron chi connectivity index (χ2n) is 4.62. The smallest absolute Gasteiger partial charge is 0.0738 e. The molecule has 0 radical (unpaired) electrons. The van der Waals surface area contributed by atoms with E-state index in [1.807, 2.05) is 23.7 Å². The summed E-state index contributed by atoms with van der Waals surface area (Å²) in [6.45, 7) is 4.83. The Labute approximate surface area is 137 Å². The Morgan fingerprint density at radius 2 is 2.10 bits per heavy atom. The summed E-state index contributed by atoms with van der Waals surface area (Å²) in [4.78, 5) is 0. The van der Waals surface area contributed by atoms with Gasteiger partial charge in [-0.2, -0.15) is 5.10 Å². The average Bonchev–Trinajstić information content (AvgIpc) is 2.69. The molecular formula is C14H16BrCl2N3. The van der Waals surface area contributed by atoms with Crippen LogP contribution < -0.4 is 5.73 Å². The van der Waals surface area contributed by atoms with Crippen LogP contribution in [-0.4, -0.2) is 9.78 Å². The minimum Gasteiger partial charge on any atom is -0.324 e. The van der Waals surface area contributed by atoms with Crippen LogP contribution in [0.15, 0.2) is 22.7 Å². The van der Waals surface area contributed by atoms with E-state index in [0.717, 1.165) is 28.0 Å². The van der Waals surface area contributed by atoms with Gasteiger partial charge in [0.1, 0.15) is 0 Å². The lowest BCUT2D eigenvalue weighted by molar-refractivity contribution is 0.586. The molecule has 0 amide bonds. The van der Waals surface area contributed by atoms with Crippen LogP contribution in [-0.2, 0) is 13.0 Å². The molecule has 1 unspecified atom stereocenters. The number of hydrogen-bond acceptors (Lipinski definition) is 2. The van der Waals surface area contributed by atoms with Crippen LogP contribution in [0.2, 0.25) is 10.0 Å². The van der Waals surface area contributed by atoms with Crippen LogP contribution in [0.3, 0.4) is 0 Å². The molecule has 0 fully saturated rings. The van der Waals surface area contributed by atoms with Crippen molar-refractivity contribution < 1.29 is 0 Å². The molecule has 0 aliphatic rings. The third kappa shape index (κ3) is 3.03. The summed E-state index contributed by atoms with van der Waals surface area (Å²) in [5, 5.41) is 5.52. The highest BCUT2D eigenvalue weighted by atomic mass is 79.9. The molecule has 1 aromatic heterocycles. The lowest BCUT2D eigenvalue weighted by Crippen LogP contribution is -2.17. The maximum Gasteiger partial charge on any atom is 0.0738 e. The van der Waals surface area contributed by atoms with Crippen molar-refractivity contribution >= 4 is 39.1 Å². The number of aryl methyl sites for hydroxylation is 2. The van der Waals surface area contributed by atoms with E-state index in [2.05, 4.69) is 28.0 Å². The number of nitrogens with two attached hydrogens (primary N) is 1. The Balaban J connectivity index is 2.32. The van der Waals surface area contributed by atoms with E-state index in [-0.39, 0.29) is 6.04 Å². The molecule has 0 aliphatic carbocycles. The molecule has 0 spiro atoms. The number of benzene rings is 1. The van der Waals surface area contributed by atoms with Crippen molar-refractivity contribution in [1.29, 1.82) is 0 Å². The fourth-order valence-electron chi connectivity index (χ4n) is 2.19.